The van der Waals surface area contributed by atoms with Crippen LogP contribution in [0.15, 0.2) is 59.0 Å². The Labute approximate surface area is 152 Å². The number of furan rings is 1. The number of benzene rings is 2. The summed E-state index contributed by atoms with van der Waals surface area (Å²) in [6.45, 7) is 0.647. The van der Waals surface area contributed by atoms with E-state index in [-0.39, 0.29) is 5.69 Å². The third-order valence-corrected chi connectivity index (χ3v) is 4.75. The van der Waals surface area contributed by atoms with E-state index in [1.54, 1.807) is 6.07 Å². The van der Waals surface area contributed by atoms with Gasteiger partial charge in [-0.05, 0) is 30.7 Å². The van der Waals surface area contributed by atoms with Crippen LogP contribution in [0.4, 0.5) is 19.0 Å². The highest BCUT2D eigenvalue weighted by molar-refractivity contribution is 5.83. The molecule has 0 fully saturated rings. The second kappa shape index (κ2) is 5.64. The number of hydrogen-bond acceptors (Lipinski definition) is 3. The first-order chi connectivity index (χ1) is 13.0. The molecule has 27 heavy (non-hydrogen) atoms. The standard InChI is InChI=1S/C20H14F3N3O/c21-20(22,23)14-6-2-3-7-15(14)26-19-13(9-10-24-19)18(25-26)17-11-12-5-1-4-8-16(12)27-17/h1-8,11,24H,9-10H2. The van der Waals surface area contributed by atoms with Gasteiger partial charge < -0.3 is 9.73 Å². The summed E-state index contributed by atoms with van der Waals surface area (Å²) >= 11 is 0. The van der Waals surface area contributed by atoms with E-state index < -0.39 is 11.7 Å². The second-order valence-electron chi connectivity index (χ2n) is 6.43. The van der Waals surface area contributed by atoms with E-state index in [1.165, 1.54) is 16.8 Å². The number of rotatable bonds is 2. The maximum absolute atomic E-state index is 13.5. The Morgan fingerprint density at radius 2 is 1.81 bits per heavy atom. The lowest BCUT2D eigenvalue weighted by Gasteiger charge is -2.14. The van der Waals surface area contributed by atoms with Crippen molar-refractivity contribution in [1.82, 2.24) is 9.78 Å². The topological polar surface area (TPSA) is 43.0 Å². The molecule has 0 saturated carbocycles. The Bertz CT molecular complexity index is 1120. The van der Waals surface area contributed by atoms with Crippen LogP contribution in [0.25, 0.3) is 28.1 Å². The van der Waals surface area contributed by atoms with E-state index >= 15 is 0 Å². The minimum Gasteiger partial charge on any atom is -0.454 e. The lowest BCUT2D eigenvalue weighted by Crippen LogP contribution is -2.13. The zero-order chi connectivity index (χ0) is 18.6. The number of halogens is 3. The Kier molecular flexibility index (Phi) is 3.34. The fraction of sp³-hybridized carbons (Fsp3) is 0.150. The molecule has 4 aromatic rings. The third kappa shape index (κ3) is 2.50. The zero-order valence-electron chi connectivity index (χ0n) is 14.0. The fourth-order valence-electron chi connectivity index (χ4n) is 3.54. The van der Waals surface area contributed by atoms with Gasteiger partial charge in [-0.1, -0.05) is 30.3 Å². The Balaban J connectivity index is 1.72. The molecule has 4 nitrogen and oxygen atoms in total. The average Bonchev–Trinajstić information content (AvgIpc) is 3.35. The van der Waals surface area contributed by atoms with E-state index in [1.807, 2.05) is 30.3 Å². The number of nitrogens with zero attached hydrogens (tertiary/aromatic N) is 2. The monoisotopic (exact) mass is 369 g/mol. The molecular formula is C20H14F3N3O. The summed E-state index contributed by atoms with van der Waals surface area (Å²) in [5.74, 6) is 1.14. The van der Waals surface area contributed by atoms with Crippen molar-refractivity contribution in [3.05, 3.63) is 65.7 Å². The van der Waals surface area contributed by atoms with Gasteiger partial charge in [0.25, 0.3) is 0 Å². The van der Waals surface area contributed by atoms with E-state index in [4.69, 9.17) is 4.42 Å². The van der Waals surface area contributed by atoms with Gasteiger partial charge in [-0.2, -0.15) is 18.3 Å². The van der Waals surface area contributed by atoms with Crippen molar-refractivity contribution >= 4 is 16.8 Å². The third-order valence-electron chi connectivity index (χ3n) is 4.75. The van der Waals surface area contributed by atoms with Gasteiger partial charge in [0.1, 0.15) is 17.1 Å². The molecule has 0 saturated heterocycles. The Hall–Kier alpha value is -3.22. The predicted molar refractivity (Wildman–Crippen MR) is 96.0 cm³/mol. The molecule has 7 heteroatoms. The number of fused-ring (bicyclic) bond motifs is 2. The van der Waals surface area contributed by atoms with Gasteiger partial charge in [0.05, 0.1) is 11.3 Å². The summed E-state index contributed by atoms with van der Waals surface area (Å²) in [7, 11) is 0. The second-order valence-corrected chi connectivity index (χ2v) is 6.43. The van der Waals surface area contributed by atoms with Gasteiger partial charge in [0.2, 0.25) is 0 Å². The first-order valence-electron chi connectivity index (χ1n) is 8.54. The van der Waals surface area contributed by atoms with E-state index in [0.717, 1.165) is 22.6 Å². The molecule has 136 valence electrons. The van der Waals surface area contributed by atoms with Crippen LogP contribution in [0, 0.1) is 0 Å². The summed E-state index contributed by atoms with van der Waals surface area (Å²) in [5, 5.41) is 8.59. The first-order valence-corrected chi connectivity index (χ1v) is 8.54. The number of anilines is 1. The van der Waals surface area contributed by atoms with Crippen LogP contribution in [0.3, 0.4) is 0 Å². The molecule has 0 atom stereocenters. The molecule has 1 N–H and O–H groups in total. The van der Waals surface area contributed by atoms with Crippen LogP contribution in [-0.2, 0) is 12.6 Å². The average molecular weight is 369 g/mol. The molecular weight excluding hydrogens is 355 g/mol. The molecule has 1 aliphatic heterocycles. The van der Waals surface area contributed by atoms with Gasteiger partial charge in [-0.15, -0.1) is 0 Å². The molecule has 0 spiro atoms. The van der Waals surface area contributed by atoms with Crippen LogP contribution in [0.2, 0.25) is 0 Å². The molecule has 5 rings (SSSR count). The van der Waals surface area contributed by atoms with Crippen LogP contribution >= 0.6 is 0 Å². The van der Waals surface area contributed by atoms with Gasteiger partial charge in [-0.25, -0.2) is 4.68 Å². The van der Waals surface area contributed by atoms with E-state index in [0.29, 0.717) is 30.2 Å². The molecule has 0 aliphatic carbocycles. The zero-order valence-corrected chi connectivity index (χ0v) is 14.0. The van der Waals surface area contributed by atoms with Crippen molar-refractivity contribution in [2.45, 2.75) is 12.6 Å². The van der Waals surface area contributed by atoms with Gasteiger partial charge in [-0.3, -0.25) is 0 Å². The summed E-state index contributed by atoms with van der Waals surface area (Å²) in [5.41, 5.74) is 1.44. The molecule has 0 amide bonds. The lowest BCUT2D eigenvalue weighted by atomic mass is 10.1. The van der Waals surface area contributed by atoms with Crippen LogP contribution in [-0.4, -0.2) is 16.3 Å². The van der Waals surface area contributed by atoms with Crippen molar-refractivity contribution in [2.75, 3.05) is 11.9 Å². The van der Waals surface area contributed by atoms with Crippen molar-refractivity contribution in [1.29, 1.82) is 0 Å². The minimum atomic E-state index is -4.46. The van der Waals surface area contributed by atoms with Crippen molar-refractivity contribution in [2.24, 2.45) is 0 Å². The number of hydrogen-bond donors (Lipinski definition) is 1. The lowest BCUT2D eigenvalue weighted by molar-refractivity contribution is -0.137. The van der Waals surface area contributed by atoms with Crippen LogP contribution in [0.1, 0.15) is 11.1 Å². The Morgan fingerprint density at radius 3 is 2.63 bits per heavy atom. The van der Waals surface area contributed by atoms with Crippen molar-refractivity contribution in [3.8, 4) is 17.1 Å². The molecule has 2 aromatic heterocycles. The largest absolute Gasteiger partial charge is 0.454 e. The highest BCUT2D eigenvalue weighted by Crippen LogP contribution is 2.40. The normalized spacial score (nSPS) is 13.7. The molecule has 3 heterocycles. The van der Waals surface area contributed by atoms with Crippen molar-refractivity contribution in [3.63, 3.8) is 0 Å². The highest BCUT2D eigenvalue weighted by atomic mass is 19.4. The van der Waals surface area contributed by atoms with Gasteiger partial charge >= 0.3 is 6.18 Å². The fourth-order valence-corrected chi connectivity index (χ4v) is 3.54. The number of aromatic nitrogens is 2. The summed E-state index contributed by atoms with van der Waals surface area (Å²) in [6.07, 6.45) is -3.79. The maximum atomic E-state index is 13.5. The Morgan fingerprint density at radius 1 is 1.04 bits per heavy atom. The number of para-hydroxylation sites is 2. The molecule has 0 unspecified atom stereocenters. The number of nitrogens with one attached hydrogen (secondary N) is 1. The molecule has 0 bridgehead atoms. The van der Waals surface area contributed by atoms with Gasteiger partial charge in [0.15, 0.2) is 5.76 Å². The SMILES string of the molecule is FC(F)(F)c1ccccc1-n1nc(-c2cc3ccccc3o2)c2c1NCC2. The minimum absolute atomic E-state index is 0.00184. The quantitative estimate of drug-likeness (QED) is 0.523. The summed E-state index contributed by atoms with van der Waals surface area (Å²) in [6, 6.07) is 14.9. The summed E-state index contributed by atoms with van der Waals surface area (Å²) < 4.78 is 47.7. The van der Waals surface area contributed by atoms with Gasteiger partial charge in [0, 0.05) is 17.5 Å². The van der Waals surface area contributed by atoms with Crippen LogP contribution < -0.4 is 5.32 Å². The van der Waals surface area contributed by atoms with E-state index in [2.05, 4.69) is 10.4 Å². The first kappa shape index (κ1) is 16.0. The van der Waals surface area contributed by atoms with Crippen LogP contribution in [0.5, 0.6) is 0 Å². The number of alkyl halides is 3. The summed E-state index contributed by atoms with van der Waals surface area (Å²) in [4.78, 5) is 0. The molecule has 1 aliphatic rings. The molecule has 0 radical (unpaired) electrons. The predicted octanol–water partition coefficient (Wildman–Crippen LogP) is 5.27. The van der Waals surface area contributed by atoms with E-state index in [9.17, 15) is 13.2 Å². The van der Waals surface area contributed by atoms with Crippen molar-refractivity contribution < 1.29 is 17.6 Å². The maximum Gasteiger partial charge on any atom is 0.418 e. The highest BCUT2D eigenvalue weighted by Gasteiger charge is 2.35. The smallest absolute Gasteiger partial charge is 0.418 e. The molecule has 2 aromatic carbocycles.